The van der Waals surface area contributed by atoms with E-state index >= 15 is 0 Å². The maximum atomic E-state index is 5.73. The molecule has 1 fully saturated rings. The topological polar surface area (TPSA) is 30.9 Å². The number of hydrogen-bond acceptors (Lipinski definition) is 1. The first-order valence-electron chi connectivity index (χ1n) is 6.11. The van der Waals surface area contributed by atoms with Crippen molar-refractivity contribution in [1.29, 1.82) is 0 Å². The number of para-hydroxylation sites is 1. The summed E-state index contributed by atoms with van der Waals surface area (Å²) in [6.45, 7) is 2.97. The van der Waals surface area contributed by atoms with Crippen molar-refractivity contribution in [3.8, 4) is 0 Å². The lowest BCUT2D eigenvalue weighted by atomic mass is 10.1. The van der Waals surface area contributed by atoms with E-state index in [9.17, 15) is 0 Å². The summed E-state index contributed by atoms with van der Waals surface area (Å²) in [5.74, 6) is 0. The van der Waals surface area contributed by atoms with Gasteiger partial charge in [0.2, 0.25) is 0 Å². The van der Waals surface area contributed by atoms with Gasteiger partial charge in [-0.25, -0.2) is 0 Å². The van der Waals surface area contributed by atoms with Gasteiger partial charge < -0.3 is 10.3 Å². The monoisotopic (exact) mass is 214 g/mol. The van der Waals surface area contributed by atoms with Crippen molar-refractivity contribution in [3.63, 3.8) is 0 Å². The van der Waals surface area contributed by atoms with E-state index in [0.29, 0.717) is 0 Å². The normalized spacial score (nSPS) is 15.9. The van der Waals surface area contributed by atoms with Gasteiger partial charge >= 0.3 is 0 Å². The maximum absolute atomic E-state index is 5.73. The SMILES string of the molecule is Cc1c(CCN)n(C2CC2)c2ccccc12. The minimum absolute atomic E-state index is 0.736. The van der Waals surface area contributed by atoms with E-state index in [4.69, 9.17) is 5.73 Å². The third-order valence-electron chi connectivity index (χ3n) is 3.58. The van der Waals surface area contributed by atoms with Gasteiger partial charge in [-0.1, -0.05) is 18.2 Å². The molecular weight excluding hydrogens is 196 g/mol. The van der Waals surface area contributed by atoms with Crippen molar-refractivity contribution in [3.05, 3.63) is 35.5 Å². The quantitative estimate of drug-likeness (QED) is 0.836. The van der Waals surface area contributed by atoms with Gasteiger partial charge in [-0.15, -0.1) is 0 Å². The lowest BCUT2D eigenvalue weighted by Crippen LogP contribution is -2.09. The third-order valence-corrected chi connectivity index (χ3v) is 3.58. The molecule has 16 heavy (non-hydrogen) atoms. The second-order valence-corrected chi connectivity index (χ2v) is 4.73. The fourth-order valence-corrected chi connectivity index (χ4v) is 2.68. The third kappa shape index (κ3) is 1.37. The molecule has 1 aliphatic rings. The molecule has 0 bridgehead atoms. The van der Waals surface area contributed by atoms with Gasteiger partial charge in [0.1, 0.15) is 0 Å². The number of fused-ring (bicyclic) bond motifs is 1. The summed E-state index contributed by atoms with van der Waals surface area (Å²) in [5.41, 5.74) is 10.00. The van der Waals surface area contributed by atoms with E-state index < -0.39 is 0 Å². The Labute approximate surface area is 96.1 Å². The van der Waals surface area contributed by atoms with Crippen molar-refractivity contribution >= 4 is 10.9 Å². The number of aryl methyl sites for hydroxylation is 1. The molecule has 0 aliphatic heterocycles. The average Bonchev–Trinajstić information content (AvgIpc) is 3.09. The van der Waals surface area contributed by atoms with Crippen molar-refractivity contribution in [1.82, 2.24) is 4.57 Å². The van der Waals surface area contributed by atoms with Gasteiger partial charge in [0.25, 0.3) is 0 Å². The van der Waals surface area contributed by atoms with Crippen molar-refractivity contribution < 1.29 is 0 Å². The van der Waals surface area contributed by atoms with Crippen LogP contribution in [0.4, 0.5) is 0 Å². The molecule has 0 unspecified atom stereocenters. The molecule has 0 atom stereocenters. The second kappa shape index (κ2) is 3.63. The highest BCUT2D eigenvalue weighted by atomic mass is 15.1. The highest BCUT2D eigenvalue weighted by Crippen LogP contribution is 2.41. The summed E-state index contributed by atoms with van der Waals surface area (Å²) >= 11 is 0. The smallest absolute Gasteiger partial charge is 0.0487 e. The summed E-state index contributed by atoms with van der Waals surface area (Å²) in [7, 11) is 0. The molecule has 0 radical (unpaired) electrons. The Bertz CT molecular complexity index is 521. The lowest BCUT2D eigenvalue weighted by molar-refractivity contribution is 0.711. The molecular formula is C14H18N2. The van der Waals surface area contributed by atoms with Crippen LogP contribution in [0.25, 0.3) is 10.9 Å². The van der Waals surface area contributed by atoms with E-state index in [1.807, 2.05) is 0 Å². The Morgan fingerprint density at radius 1 is 1.31 bits per heavy atom. The van der Waals surface area contributed by atoms with Gasteiger partial charge in [0.15, 0.2) is 0 Å². The zero-order valence-electron chi connectivity index (χ0n) is 9.74. The van der Waals surface area contributed by atoms with Gasteiger partial charge in [0.05, 0.1) is 0 Å². The Kier molecular flexibility index (Phi) is 2.25. The number of hydrogen-bond donors (Lipinski definition) is 1. The Hall–Kier alpha value is -1.28. The molecule has 2 aromatic rings. The number of nitrogens with two attached hydrogens (primary N) is 1. The van der Waals surface area contributed by atoms with Crippen molar-refractivity contribution in [2.45, 2.75) is 32.2 Å². The summed E-state index contributed by atoms with van der Waals surface area (Å²) in [4.78, 5) is 0. The first-order chi connectivity index (χ1) is 7.83. The second-order valence-electron chi connectivity index (χ2n) is 4.73. The molecule has 1 aromatic heterocycles. The molecule has 1 aromatic carbocycles. The van der Waals surface area contributed by atoms with E-state index in [2.05, 4.69) is 35.8 Å². The highest BCUT2D eigenvalue weighted by Gasteiger charge is 2.28. The van der Waals surface area contributed by atoms with Gasteiger partial charge in [-0.05, 0) is 37.9 Å². The number of rotatable bonds is 3. The minimum Gasteiger partial charge on any atom is -0.341 e. The van der Waals surface area contributed by atoms with Crippen LogP contribution in [-0.2, 0) is 6.42 Å². The first-order valence-corrected chi connectivity index (χ1v) is 6.11. The Morgan fingerprint density at radius 3 is 2.75 bits per heavy atom. The average molecular weight is 214 g/mol. The van der Waals surface area contributed by atoms with Gasteiger partial charge in [-0.3, -0.25) is 0 Å². The molecule has 2 N–H and O–H groups in total. The minimum atomic E-state index is 0.736. The van der Waals surface area contributed by atoms with E-state index in [1.54, 1.807) is 0 Å². The molecule has 84 valence electrons. The summed E-state index contributed by atoms with van der Waals surface area (Å²) in [6.07, 6.45) is 3.66. The van der Waals surface area contributed by atoms with Crippen molar-refractivity contribution in [2.75, 3.05) is 6.54 Å². The van der Waals surface area contributed by atoms with Crippen LogP contribution in [0.1, 0.15) is 30.1 Å². The van der Waals surface area contributed by atoms with Crippen LogP contribution in [0.5, 0.6) is 0 Å². The highest BCUT2D eigenvalue weighted by molar-refractivity contribution is 5.85. The predicted octanol–water partition coefficient (Wildman–Crippen LogP) is 2.79. The summed E-state index contributed by atoms with van der Waals surface area (Å²) < 4.78 is 2.53. The molecule has 2 heteroatoms. The lowest BCUT2D eigenvalue weighted by Gasteiger charge is -2.09. The van der Waals surface area contributed by atoms with Crippen LogP contribution in [0, 0.1) is 6.92 Å². The van der Waals surface area contributed by atoms with Gasteiger partial charge in [-0.2, -0.15) is 0 Å². The van der Waals surface area contributed by atoms with Crippen LogP contribution in [0.15, 0.2) is 24.3 Å². The molecule has 0 amide bonds. The molecule has 1 aliphatic carbocycles. The Balaban J connectivity index is 2.28. The van der Waals surface area contributed by atoms with Gasteiger partial charge in [0, 0.05) is 29.1 Å². The van der Waals surface area contributed by atoms with E-state index in [1.165, 1.54) is 35.0 Å². The molecule has 0 spiro atoms. The van der Waals surface area contributed by atoms with Crippen LogP contribution >= 0.6 is 0 Å². The summed E-state index contributed by atoms with van der Waals surface area (Å²) in [5, 5.41) is 1.40. The zero-order valence-corrected chi connectivity index (χ0v) is 9.74. The van der Waals surface area contributed by atoms with Crippen LogP contribution in [0.3, 0.4) is 0 Å². The Morgan fingerprint density at radius 2 is 2.06 bits per heavy atom. The first kappa shape index (κ1) is 9.91. The fourth-order valence-electron chi connectivity index (χ4n) is 2.68. The molecule has 1 saturated carbocycles. The number of aromatic nitrogens is 1. The molecule has 0 saturated heterocycles. The van der Waals surface area contributed by atoms with Crippen LogP contribution in [0.2, 0.25) is 0 Å². The van der Waals surface area contributed by atoms with Crippen LogP contribution < -0.4 is 5.73 Å². The molecule has 1 heterocycles. The largest absolute Gasteiger partial charge is 0.341 e. The molecule has 3 rings (SSSR count). The number of nitrogens with zero attached hydrogens (tertiary/aromatic N) is 1. The molecule has 2 nitrogen and oxygen atoms in total. The zero-order chi connectivity index (χ0) is 11.1. The van der Waals surface area contributed by atoms with Crippen molar-refractivity contribution in [2.24, 2.45) is 5.73 Å². The maximum Gasteiger partial charge on any atom is 0.0487 e. The summed E-state index contributed by atoms with van der Waals surface area (Å²) in [6, 6.07) is 9.45. The number of benzene rings is 1. The fraction of sp³-hybridized carbons (Fsp3) is 0.429. The van der Waals surface area contributed by atoms with E-state index in [0.717, 1.165) is 19.0 Å². The van der Waals surface area contributed by atoms with E-state index in [-0.39, 0.29) is 0 Å². The predicted molar refractivity (Wildman–Crippen MR) is 67.7 cm³/mol. The standard InChI is InChI=1S/C14H18N2/c1-10-12-4-2-3-5-14(12)16(11-6-7-11)13(10)8-9-15/h2-5,11H,6-9,15H2,1H3. The van der Waals surface area contributed by atoms with Crippen LogP contribution in [-0.4, -0.2) is 11.1 Å².